The van der Waals surface area contributed by atoms with Gasteiger partial charge in [0.15, 0.2) is 0 Å². The van der Waals surface area contributed by atoms with Crippen LogP contribution in [0.2, 0.25) is 5.02 Å². The summed E-state index contributed by atoms with van der Waals surface area (Å²) in [6.45, 7) is 3.88. The maximum Gasteiger partial charge on any atom is 0.257 e. The first-order chi connectivity index (χ1) is 8.58. The number of anilines is 1. The second-order valence-electron chi connectivity index (χ2n) is 4.13. The molecule has 18 heavy (non-hydrogen) atoms. The maximum absolute atomic E-state index is 12.0. The monoisotopic (exact) mass is 260 g/mol. The van der Waals surface area contributed by atoms with Gasteiger partial charge in [-0.3, -0.25) is 9.78 Å². The number of carbonyl (C=O) groups is 1. The zero-order valence-electron chi connectivity index (χ0n) is 10.2. The standard InChI is InChI=1S/C14H13ClN2O/c1-9-6-10(2)13(12(15)7-9)17-14(18)11-4-3-5-16-8-11/h3-8H,1-2H3,(H,17,18). The van der Waals surface area contributed by atoms with Crippen molar-refractivity contribution in [3.8, 4) is 0 Å². The molecule has 1 N–H and O–H groups in total. The number of nitrogens with one attached hydrogen (secondary N) is 1. The van der Waals surface area contributed by atoms with Crippen LogP contribution in [0.5, 0.6) is 0 Å². The number of nitrogens with zero attached hydrogens (tertiary/aromatic N) is 1. The summed E-state index contributed by atoms with van der Waals surface area (Å²) in [5.74, 6) is -0.211. The number of amides is 1. The average molecular weight is 261 g/mol. The van der Waals surface area contributed by atoms with Crippen molar-refractivity contribution >= 4 is 23.2 Å². The molecule has 3 nitrogen and oxygen atoms in total. The van der Waals surface area contributed by atoms with E-state index in [1.807, 2.05) is 26.0 Å². The van der Waals surface area contributed by atoms with Crippen LogP contribution in [0.25, 0.3) is 0 Å². The molecule has 0 bridgehead atoms. The molecule has 0 saturated heterocycles. The van der Waals surface area contributed by atoms with E-state index in [-0.39, 0.29) is 5.91 Å². The van der Waals surface area contributed by atoms with Crippen LogP contribution < -0.4 is 5.32 Å². The van der Waals surface area contributed by atoms with Gasteiger partial charge in [-0.25, -0.2) is 0 Å². The zero-order valence-corrected chi connectivity index (χ0v) is 11.0. The van der Waals surface area contributed by atoms with Gasteiger partial charge in [0, 0.05) is 12.4 Å². The van der Waals surface area contributed by atoms with Gasteiger partial charge in [0.1, 0.15) is 0 Å². The topological polar surface area (TPSA) is 42.0 Å². The van der Waals surface area contributed by atoms with Crippen LogP contribution in [0.15, 0.2) is 36.7 Å². The molecule has 1 aromatic heterocycles. The number of hydrogen-bond donors (Lipinski definition) is 1. The fourth-order valence-electron chi connectivity index (χ4n) is 1.76. The van der Waals surface area contributed by atoms with E-state index in [9.17, 15) is 4.79 Å². The molecule has 0 unspecified atom stereocenters. The Bertz CT molecular complexity index is 559. The molecule has 2 rings (SSSR count). The third-order valence-corrected chi connectivity index (χ3v) is 2.89. The molecule has 0 fully saturated rings. The van der Waals surface area contributed by atoms with Crippen LogP contribution in [-0.4, -0.2) is 10.9 Å². The van der Waals surface area contributed by atoms with E-state index in [2.05, 4.69) is 10.3 Å². The summed E-state index contributed by atoms with van der Waals surface area (Å²) in [4.78, 5) is 15.9. The van der Waals surface area contributed by atoms with Crippen molar-refractivity contribution in [2.45, 2.75) is 13.8 Å². The number of aromatic nitrogens is 1. The minimum absolute atomic E-state index is 0.211. The predicted molar refractivity (Wildman–Crippen MR) is 73.1 cm³/mol. The van der Waals surface area contributed by atoms with Crippen LogP contribution in [-0.2, 0) is 0 Å². The van der Waals surface area contributed by atoms with E-state index >= 15 is 0 Å². The third-order valence-electron chi connectivity index (χ3n) is 2.59. The molecular weight excluding hydrogens is 248 g/mol. The van der Waals surface area contributed by atoms with E-state index in [1.165, 1.54) is 6.20 Å². The van der Waals surface area contributed by atoms with Gasteiger partial charge in [0.05, 0.1) is 16.3 Å². The van der Waals surface area contributed by atoms with Crippen molar-refractivity contribution in [1.82, 2.24) is 4.98 Å². The minimum Gasteiger partial charge on any atom is -0.320 e. The van der Waals surface area contributed by atoms with Gasteiger partial charge in [-0.1, -0.05) is 17.7 Å². The van der Waals surface area contributed by atoms with Crippen LogP contribution in [0, 0.1) is 13.8 Å². The van der Waals surface area contributed by atoms with Crippen molar-refractivity contribution < 1.29 is 4.79 Å². The molecule has 0 radical (unpaired) electrons. The molecule has 0 aliphatic carbocycles. The SMILES string of the molecule is Cc1cc(C)c(NC(=O)c2cccnc2)c(Cl)c1. The third kappa shape index (κ3) is 2.68. The number of halogens is 1. The van der Waals surface area contributed by atoms with E-state index in [1.54, 1.807) is 18.3 Å². The lowest BCUT2D eigenvalue weighted by atomic mass is 10.1. The first kappa shape index (κ1) is 12.6. The fraction of sp³-hybridized carbons (Fsp3) is 0.143. The normalized spacial score (nSPS) is 10.2. The Labute approximate surface area is 111 Å². The van der Waals surface area contributed by atoms with Crippen molar-refractivity contribution in [2.75, 3.05) is 5.32 Å². The highest BCUT2D eigenvalue weighted by molar-refractivity contribution is 6.34. The molecule has 0 aliphatic heterocycles. The first-order valence-electron chi connectivity index (χ1n) is 5.56. The summed E-state index contributed by atoms with van der Waals surface area (Å²) in [5, 5.41) is 3.36. The summed E-state index contributed by atoms with van der Waals surface area (Å²) in [7, 11) is 0. The van der Waals surface area contributed by atoms with Crippen LogP contribution >= 0.6 is 11.6 Å². The number of hydrogen-bond acceptors (Lipinski definition) is 2. The van der Waals surface area contributed by atoms with Crippen molar-refractivity contribution in [2.24, 2.45) is 0 Å². The summed E-state index contributed by atoms with van der Waals surface area (Å²) < 4.78 is 0. The maximum atomic E-state index is 12.0. The zero-order chi connectivity index (χ0) is 13.1. The van der Waals surface area contributed by atoms with Gasteiger partial charge < -0.3 is 5.32 Å². The smallest absolute Gasteiger partial charge is 0.257 e. The number of benzene rings is 1. The lowest BCUT2D eigenvalue weighted by molar-refractivity contribution is 0.102. The molecule has 92 valence electrons. The van der Waals surface area contributed by atoms with Crippen LogP contribution in [0.4, 0.5) is 5.69 Å². The summed E-state index contributed by atoms with van der Waals surface area (Å²) in [6, 6.07) is 7.23. The Kier molecular flexibility index (Phi) is 3.63. The van der Waals surface area contributed by atoms with Crippen molar-refractivity contribution in [3.63, 3.8) is 0 Å². The van der Waals surface area contributed by atoms with Gasteiger partial charge in [0.2, 0.25) is 0 Å². The van der Waals surface area contributed by atoms with Crippen molar-refractivity contribution in [3.05, 3.63) is 58.4 Å². The molecule has 1 aromatic carbocycles. The molecule has 1 heterocycles. The molecule has 0 saturated carbocycles. The lowest BCUT2D eigenvalue weighted by Gasteiger charge is -2.11. The average Bonchev–Trinajstić information content (AvgIpc) is 2.34. The molecule has 0 spiro atoms. The Balaban J connectivity index is 2.28. The fourth-order valence-corrected chi connectivity index (χ4v) is 2.13. The highest BCUT2D eigenvalue weighted by Crippen LogP contribution is 2.27. The van der Waals surface area contributed by atoms with Crippen molar-refractivity contribution in [1.29, 1.82) is 0 Å². The predicted octanol–water partition coefficient (Wildman–Crippen LogP) is 3.60. The Morgan fingerprint density at radius 1 is 1.33 bits per heavy atom. The summed E-state index contributed by atoms with van der Waals surface area (Å²) >= 11 is 6.14. The molecule has 2 aromatic rings. The molecular formula is C14H13ClN2O. The number of rotatable bonds is 2. The van der Waals surface area contributed by atoms with Gasteiger partial charge >= 0.3 is 0 Å². The Morgan fingerprint density at radius 3 is 2.72 bits per heavy atom. The first-order valence-corrected chi connectivity index (χ1v) is 5.94. The van der Waals surface area contributed by atoms with E-state index < -0.39 is 0 Å². The Morgan fingerprint density at radius 2 is 2.11 bits per heavy atom. The molecule has 0 aliphatic rings. The van der Waals surface area contributed by atoms with E-state index in [4.69, 9.17) is 11.6 Å². The molecule has 4 heteroatoms. The highest BCUT2D eigenvalue weighted by atomic mass is 35.5. The van der Waals surface area contributed by atoms with Gasteiger partial charge in [-0.15, -0.1) is 0 Å². The number of pyridine rings is 1. The van der Waals surface area contributed by atoms with E-state index in [0.717, 1.165) is 11.1 Å². The van der Waals surface area contributed by atoms with Gasteiger partial charge in [0.25, 0.3) is 5.91 Å². The highest BCUT2D eigenvalue weighted by Gasteiger charge is 2.11. The quantitative estimate of drug-likeness (QED) is 0.896. The van der Waals surface area contributed by atoms with Gasteiger partial charge in [-0.2, -0.15) is 0 Å². The van der Waals surface area contributed by atoms with Gasteiger partial charge in [-0.05, 0) is 43.2 Å². The molecule has 1 amide bonds. The lowest BCUT2D eigenvalue weighted by Crippen LogP contribution is -2.13. The van der Waals surface area contributed by atoms with Crippen LogP contribution in [0.1, 0.15) is 21.5 Å². The second kappa shape index (κ2) is 5.19. The summed E-state index contributed by atoms with van der Waals surface area (Å²) in [6.07, 6.45) is 3.15. The largest absolute Gasteiger partial charge is 0.320 e. The molecule has 0 atom stereocenters. The summed E-state index contributed by atoms with van der Waals surface area (Å²) in [5.41, 5.74) is 3.17. The Hall–Kier alpha value is -1.87. The number of carbonyl (C=O) groups excluding carboxylic acids is 1. The number of aryl methyl sites for hydroxylation is 2. The van der Waals surface area contributed by atoms with Crippen LogP contribution in [0.3, 0.4) is 0 Å². The second-order valence-corrected chi connectivity index (χ2v) is 4.54. The van der Waals surface area contributed by atoms with E-state index in [0.29, 0.717) is 16.3 Å². The minimum atomic E-state index is -0.211.